The second kappa shape index (κ2) is 8.81. The first-order valence-electron chi connectivity index (χ1n) is 9.72. The Balaban J connectivity index is 1.60. The normalized spacial score (nSPS) is 28.7. The highest BCUT2D eigenvalue weighted by Crippen LogP contribution is 2.47. The van der Waals surface area contributed by atoms with Gasteiger partial charge in [0.05, 0.1) is 25.4 Å². The van der Waals surface area contributed by atoms with Crippen molar-refractivity contribution >= 4 is 5.97 Å². The van der Waals surface area contributed by atoms with Gasteiger partial charge in [0, 0.05) is 0 Å². The number of halogens is 1. The van der Waals surface area contributed by atoms with Crippen LogP contribution >= 0.6 is 0 Å². The van der Waals surface area contributed by atoms with Crippen LogP contribution in [0.5, 0.6) is 0 Å². The topological polar surface area (TPSA) is 35.5 Å². The number of carbonyl (C=O) groups excluding carboxylic acids is 1. The minimum atomic E-state index is -0.490. The minimum absolute atomic E-state index is 0.253. The predicted octanol–water partition coefficient (Wildman–Crippen LogP) is 5.26. The van der Waals surface area contributed by atoms with Gasteiger partial charge >= 0.3 is 5.97 Å². The maximum absolute atomic E-state index is 14.6. The molecule has 3 nitrogen and oxygen atoms in total. The zero-order valence-corrected chi connectivity index (χ0v) is 15.7. The number of allylic oxidation sites excluding steroid dienone is 1. The molecule has 3 rings (SSSR count). The fourth-order valence-electron chi connectivity index (χ4n) is 4.67. The number of ether oxygens (including phenoxy) is 2. The number of rotatable bonds is 5. The molecule has 0 spiro atoms. The third-order valence-electron chi connectivity index (χ3n) is 6.09. The summed E-state index contributed by atoms with van der Waals surface area (Å²) >= 11 is 0. The monoisotopic (exact) mass is 360 g/mol. The van der Waals surface area contributed by atoms with Gasteiger partial charge in [0.15, 0.2) is 0 Å². The molecule has 0 saturated heterocycles. The van der Waals surface area contributed by atoms with Crippen molar-refractivity contribution in [2.45, 2.75) is 57.5 Å². The molecule has 0 amide bonds. The van der Waals surface area contributed by atoms with Gasteiger partial charge in [0.25, 0.3) is 0 Å². The van der Waals surface area contributed by atoms with E-state index in [-0.39, 0.29) is 17.3 Å². The van der Waals surface area contributed by atoms with E-state index in [0.29, 0.717) is 24.5 Å². The summed E-state index contributed by atoms with van der Waals surface area (Å²) in [6, 6.07) is 4.78. The SMILES string of the molecule is C/C=C/COC1CCC2CC(c3ccc(C(=O)OC)cc3F)CCC2C1. The number of carbonyl (C=O) groups is 1. The molecule has 0 N–H and O–H groups in total. The molecule has 2 fully saturated rings. The third-order valence-corrected chi connectivity index (χ3v) is 6.09. The molecule has 142 valence electrons. The summed E-state index contributed by atoms with van der Waals surface area (Å²) in [4.78, 5) is 11.6. The minimum Gasteiger partial charge on any atom is -0.465 e. The van der Waals surface area contributed by atoms with Crippen LogP contribution < -0.4 is 0 Å². The van der Waals surface area contributed by atoms with Gasteiger partial charge in [-0.05, 0) is 80.9 Å². The standard InChI is InChI=1S/C22H29FO3/c1-3-4-11-26-19-9-7-15-12-17(6-5-16(15)13-19)20-10-8-18(14-21(20)23)22(24)25-2/h3-4,8,10,14-17,19H,5-7,9,11-13H2,1-2H3/b4-3+. The lowest BCUT2D eigenvalue weighted by molar-refractivity contribution is -0.00334. The summed E-state index contributed by atoms with van der Waals surface area (Å²) in [6.07, 6.45) is 11.1. The van der Waals surface area contributed by atoms with E-state index in [1.165, 1.54) is 19.6 Å². The van der Waals surface area contributed by atoms with E-state index in [4.69, 9.17) is 4.74 Å². The molecule has 26 heavy (non-hydrogen) atoms. The summed E-state index contributed by atoms with van der Waals surface area (Å²) in [6.45, 7) is 2.72. The zero-order valence-electron chi connectivity index (χ0n) is 15.7. The molecule has 2 saturated carbocycles. The molecular formula is C22H29FO3. The Morgan fingerprint density at radius 1 is 1.19 bits per heavy atom. The number of fused-ring (bicyclic) bond motifs is 1. The van der Waals surface area contributed by atoms with E-state index in [2.05, 4.69) is 10.8 Å². The number of benzene rings is 1. The van der Waals surface area contributed by atoms with Crippen LogP contribution in [-0.4, -0.2) is 25.8 Å². The highest BCUT2D eigenvalue weighted by Gasteiger charge is 2.37. The Morgan fingerprint density at radius 3 is 2.69 bits per heavy atom. The second-order valence-electron chi connectivity index (χ2n) is 7.60. The van der Waals surface area contributed by atoms with Crippen LogP contribution in [0, 0.1) is 17.7 Å². The fourth-order valence-corrected chi connectivity index (χ4v) is 4.67. The lowest BCUT2D eigenvalue weighted by Gasteiger charge is -2.42. The molecule has 4 heteroatoms. The molecule has 0 bridgehead atoms. The van der Waals surface area contributed by atoms with Gasteiger partial charge in [0.2, 0.25) is 0 Å². The van der Waals surface area contributed by atoms with Crippen molar-refractivity contribution in [2.75, 3.05) is 13.7 Å². The Bertz CT molecular complexity index is 655. The van der Waals surface area contributed by atoms with E-state index < -0.39 is 5.97 Å². The maximum atomic E-state index is 14.6. The van der Waals surface area contributed by atoms with Gasteiger partial charge in [-0.25, -0.2) is 9.18 Å². The second-order valence-corrected chi connectivity index (χ2v) is 7.60. The first-order chi connectivity index (χ1) is 12.6. The van der Waals surface area contributed by atoms with Crippen molar-refractivity contribution in [3.8, 4) is 0 Å². The van der Waals surface area contributed by atoms with Crippen molar-refractivity contribution < 1.29 is 18.7 Å². The fraction of sp³-hybridized carbons (Fsp3) is 0.591. The van der Waals surface area contributed by atoms with Crippen molar-refractivity contribution in [3.63, 3.8) is 0 Å². The molecule has 1 aromatic rings. The first kappa shape index (κ1) is 19.1. The van der Waals surface area contributed by atoms with Crippen LogP contribution in [0.25, 0.3) is 0 Å². The average molecular weight is 360 g/mol. The molecule has 4 atom stereocenters. The molecule has 0 aliphatic heterocycles. The molecule has 2 aliphatic rings. The van der Waals surface area contributed by atoms with Gasteiger partial charge in [-0.3, -0.25) is 0 Å². The van der Waals surface area contributed by atoms with Crippen molar-refractivity contribution in [2.24, 2.45) is 11.8 Å². The van der Waals surface area contributed by atoms with Gasteiger partial charge in [0.1, 0.15) is 5.82 Å². The Morgan fingerprint density at radius 2 is 1.96 bits per heavy atom. The van der Waals surface area contributed by atoms with Crippen LogP contribution in [0.4, 0.5) is 4.39 Å². The summed E-state index contributed by atoms with van der Waals surface area (Å²) in [5, 5.41) is 0. The van der Waals surface area contributed by atoms with E-state index >= 15 is 0 Å². The number of hydrogen-bond acceptors (Lipinski definition) is 3. The molecule has 0 aromatic heterocycles. The van der Waals surface area contributed by atoms with Crippen LogP contribution in [0.15, 0.2) is 30.4 Å². The van der Waals surface area contributed by atoms with E-state index in [1.54, 1.807) is 12.1 Å². The van der Waals surface area contributed by atoms with Gasteiger partial charge in [-0.1, -0.05) is 18.2 Å². The predicted molar refractivity (Wildman–Crippen MR) is 99.7 cm³/mol. The molecule has 4 unspecified atom stereocenters. The Kier molecular flexibility index (Phi) is 6.47. The van der Waals surface area contributed by atoms with Gasteiger partial charge in [-0.2, -0.15) is 0 Å². The lowest BCUT2D eigenvalue weighted by atomic mass is 9.65. The molecule has 0 radical (unpaired) electrons. The summed E-state index contributed by atoms with van der Waals surface area (Å²) in [5.74, 6) is 0.849. The Hall–Kier alpha value is -1.68. The number of esters is 1. The average Bonchev–Trinajstić information content (AvgIpc) is 2.67. The summed E-state index contributed by atoms with van der Waals surface area (Å²) in [7, 11) is 1.31. The highest BCUT2D eigenvalue weighted by atomic mass is 19.1. The lowest BCUT2D eigenvalue weighted by Crippen LogP contribution is -2.34. The maximum Gasteiger partial charge on any atom is 0.337 e. The Labute approximate surface area is 155 Å². The molecule has 1 aromatic carbocycles. The zero-order chi connectivity index (χ0) is 18.5. The van der Waals surface area contributed by atoms with E-state index in [9.17, 15) is 9.18 Å². The number of methoxy groups -OCH3 is 1. The third kappa shape index (κ3) is 4.35. The van der Waals surface area contributed by atoms with Crippen LogP contribution in [-0.2, 0) is 9.47 Å². The largest absolute Gasteiger partial charge is 0.465 e. The first-order valence-corrected chi connectivity index (χ1v) is 9.72. The van der Waals surface area contributed by atoms with E-state index in [0.717, 1.165) is 37.7 Å². The van der Waals surface area contributed by atoms with Crippen molar-refractivity contribution in [1.29, 1.82) is 0 Å². The van der Waals surface area contributed by atoms with Crippen LogP contribution in [0.2, 0.25) is 0 Å². The quantitative estimate of drug-likeness (QED) is 0.531. The molecular weight excluding hydrogens is 331 g/mol. The highest BCUT2D eigenvalue weighted by molar-refractivity contribution is 5.89. The van der Waals surface area contributed by atoms with E-state index in [1.807, 2.05) is 13.0 Å². The van der Waals surface area contributed by atoms with Crippen molar-refractivity contribution in [3.05, 3.63) is 47.3 Å². The van der Waals surface area contributed by atoms with Gasteiger partial charge < -0.3 is 9.47 Å². The molecule has 2 aliphatic carbocycles. The van der Waals surface area contributed by atoms with Gasteiger partial charge in [-0.15, -0.1) is 0 Å². The number of hydrogen-bond donors (Lipinski definition) is 0. The van der Waals surface area contributed by atoms with Crippen molar-refractivity contribution in [1.82, 2.24) is 0 Å². The smallest absolute Gasteiger partial charge is 0.337 e. The van der Waals surface area contributed by atoms with Crippen LogP contribution in [0.3, 0.4) is 0 Å². The summed E-state index contributed by atoms with van der Waals surface area (Å²) in [5.41, 5.74) is 1.03. The molecule has 0 heterocycles. The van der Waals surface area contributed by atoms with Crippen LogP contribution in [0.1, 0.15) is 67.3 Å². The summed E-state index contributed by atoms with van der Waals surface area (Å²) < 4.78 is 25.2.